The number of benzene rings is 1. The van der Waals surface area contributed by atoms with Crippen molar-refractivity contribution in [1.82, 2.24) is 9.80 Å². The average Bonchev–Trinajstić information content (AvgIpc) is 3.42. The first-order valence-corrected chi connectivity index (χ1v) is 11.7. The molecule has 1 N–H and O–H groups in total. The first-order chi connectivity index (χ1) is 15.5. The van der Waals surface area contributed by atoms with Crippen molar-refractivity contribution in [2.24, 2.45) is 0 Å². The minimum atomic E-state index is -0.681. The molecule has 9 heteroatoms. The molecule has 1 aromatic carbocycles. The largest absolute Gasteiger partial charge is 0.507 e. The Bertz CT molecular complexity index is 1020. The van der Waals surface area contributed by atoms with E-state index in [0.717, 1.165) is 30.9 Å². The van der Waals surface area contributed by atoms with Gasteiger partial charge in [-0.15, -0.1) is 11.3 Å². The molecule has 2 aromatic rings. The van der Waals surface area contributed by atoms with Crippen molar-refractivity contribution in [2.45, 2.75) is 12.5 Å². The molecule has 3 heterocycles. The summed E-state index contributed by atoms with van der Waals surface area (Å²) in [6, 6.07) is 7.91. The molecule has 2 aliphatic rings. The number of aliphatic hydroxyl groups is 1. The minimum Gasteiger partial charge on any atom is -0.507 e. The highest BCUT2D eigenvalue weighted by Crippen LogP contribution is 2.41. The predicted molar refractivity (Wildman–Crippen MR) is 123 cm³/mol. The number of nitrogens with zero attached hydrogens (tertiary/aromatic N) is 2. The van der Waals surface area contributed by atoms with Gasteiger partial charge < -0.3 is 19.5 Å². The number of ketones is 1. The number of likely N-dealkylation sites (tertiary alicyclic amines) is 1. The van der Waals surface area contributed by atoms with Gasteiger partial charge in [0.25, 0.3) is 11.7 Å². The molecule has 2 fully saturated rings. The van der Waals surface area contributed by atoms with Gasteiger partial charge in [0.1, 0.15) is 11.5 Å². The molecule has 0 bridgehead atoms. The summed E-state index contributed by atoms with van der Waals surface area (Å²) in [5.41, 5.74) is 0.453. The molecular weight excluding hydrogens is 452 g/mol. The van der Waals surface area contributed by atoms with Gasteiger partial charge in [-0.3, -0.25) is 14.5 Å². The van der Waals surface area contributed by atoms with Crippen LogP contribution in [0.25, 0.3) is 5.76 Å². The number of hydrogen-bond acceptors (Lipinski definition) is 7. The van der Waals surface area contributed by atoms with Crippen molar-refractivity contribution < 1.29 is 24.2 Å². The second kappa shape index (κ2) is 10.0. The molecule has 2 aliphatic heterocycles. The first kappa shape index (κ1) is 22.8. The summed E-state index contributed by atoms with van der Waals surface area (Å²) in [6.45, 7) is 4.40. The lowest BCUT2D eigenvalue weighted by molar-refractivity contribution is -0.140. The van der Waals surface area contributed by atoms with E-state index < -0.39 is 17.7 Å². The fourth-order valence-electron chi connectivity index (χ4n) is 4.11. The number of morpholine rings is 1. The molecule has 0 spiro atoms. The number of methoxy groups -OCH3 is 1. The smallest absolute Gasteiger partial charge is 0.295 e. The predicted octanol–water partition coefficient (Wildman–Crippen LogP) is 3.55. The zero-order chi connectivity index (χ0) is 22.7. The van der Waals surface area contributed by atoms with E-state index in [1.54, 1.807) is 17.0 Å². The zero-order valence-electron chi connectivity index (χ0n) is 17.8. The molecule has 1 aromatic heterocycles. The Labute approximate surface area is 195 Å². The number of hydrogen-bond donors (Lipinski definition) is 1. The van der Waals surface area contributed by atoms with Crippen molar-refractivity contribution in [3.8, 4) is 5.75 Å². The Kier molecular flexibility index (Phi) is 7.15. The van der Waals surface area contributed by atoms with E-state index in [0.29, 0.717) is 36.1 Å². The number of Topliss-reactive ketones (excluding diaryl/α,β-unsaturated/α-hetero) is 1. The summed E-state index contributed by atoms with van der Waals surface area (Å²) in [5, 5.41) is 13.3. The number of rotatable bonds is 7. The van der Waals surface area contributed by atoms with Gasteiger partial charge in [0.05, 0.1) is 37.0 Å². The average molecular weight is 477 g/mol. The molecule has 0 saturated carbocycles. The number of aliphatic hydroxyl groups excluding tert-OH is 1. The maximum atomic E-state index is 13.0. The molecule has 0 aliphatic carbocycles. The third-order valence-corrected chi connectivity index (χ3v) is 6.98. The molecule has 170 valence electrons. The van der Waals surface area contributed by atoms with Gasteiger partial charge in [0, 0.05) is 36.6 Å². The molecule has 0 radical (unpaired) electrons. The quantitative estimate of drug-likeness (QED) is 0.374. The van der Waals surface area contributed by atoms with Crippen LogP contribution in [0.3, 0.4) is 0 Å². The summed E-state index contributed by atoms with van der Waals surface area (Å²) < 4.78 is 10.5. The molecular formula is C23H25ClN2O5S. The number of ether oxygens (including phenoxy) is 2. The number of thiophene rings is 1. The summed E-state index contributed by atoms with van der Waals surface area (Å²) in [6.07, 6.45) is 0.725. The number of halogens is 1. The van der Waals surface area contributed by atoms with Crippen LogP contribution in [-0.2, 0) is 14.3 Å². The lowest BCUT2D eigenvalue weighted by Crippen LogP contribution is -2.38. The Morgan fingerprint density at radius 2 is 2.03 bits per heavy atom. The van der Waals surface area contributed by atoms with Crippen molar-refractivity contribution in [1.29, 1.82) is 0 Å². The highest BCUT2D eigenvalue weighted by Gasteiger charge is 2.46. The number of amides is 1. The second-order valence-electron chi connectivity index (χ2n) is 7.66. The summed E-state index contributed by atoms with van der Waals surface area (Å²) in [5.74, 6) is -1.05. The minimum absolute atomic E-state index is 0.0880. The lowest BCUT2D eigenvalue weighted by Gasteiger charge is -2.28. The van der Waals surface area contributed by atoms with Crippen LogP contribution in [0, 0.1) is 0 Å². The molecule has 1 atom stereocenters. The fraction of sp³-hybridized carbons (Fsp3) is 0.391. The number of carbonyl (C=O) groups excluding carboxylic acids is 2. The maximum Gasteiger partial charge on any atom is 0.295 e. The van der Waals surface area contributed by atoms with Crippen LogP contribution in [0.15, 0.2) is 41.3 Å². The normalized spacial score (nSPS) is 21.3. The van der Waals surface area contributed by atoms with Crippen LogP contribution >= 0.6 is 22.9 Å². The highest BCUT2D eigenvalue weighted by atomic mass is 35.5. The van der Waals surface area contributed by atoms with Gasteiger partial charge >= 0.3 is 0 Å². The highest BCUT2D eigenvalue weighted by molar-refractivity contribution is 7.10. The fourth-order valence-corrected chi connectivity index (χ4v) is 5.21. The van der Waals surface area contributed by atoms with Crippen molar-refractivity contribution in [3.05, 3.63) is 56.7 Å². The second-order valence-corrected chi connectivity index (χ2v) is 9.05. The standard InChI is InChI=1S/C23H25ClN2O5S/c1-30-17-6-5-15(14-16(17)24)21(27)19-20(18-4-2-13-32-18)26(23(29)22(19)28)8-3-7-25-9-11-31-12-10-25/h2,4-6,13-14,20,27H,3,7-12H2,1H3/b21-19-. The van der Waals surface area contributed by atoms with Crippen molar-refractivity contribution in [3.63, 3.8) is 0 Å². The Morgan fingerprint density at radius 1 is 1.25 bits per heavy atom. The van der Waals surface area contributed by atoms with Gasteiger partial charge in [0.15, 0.2) is 0 Å². The van der Waals surface area contributed by atoms with Crippen molar-refractivity contribution >= 4 is 40.4 Å². The van der Waals surface area contributed by atoms with E-state index in [1.807, 2.05) is 17.5 Å². The van der Waals surface area contributed by atoms with Crippen LogP contribution < -0.4 is 4.74 Å². The van der Waals surface area contributed by atoms with Gasteiger partial charge in [0.2, 0.25) is 0 Å². The first-order valence-electron chi connectivity index (χ1n) is 10.5. The van der Waals surface area contributed by atoms with E-state index in [1.165, 1.54) is 24.5 Å². The van der Waals surface area contributed by atoms with Crippen LogP contribution in [0.5, 0.6) is 5.75 Å². The Balaban J connectivity index is 1.63. The molecule has 1 unspecified atom stereocenters. The summed E-state index contributed by atoms with van der Waals surface area (Å²) >= 11 is 7.67. The van der Waals surface area contributed by atoms with Crippen LogP contribution in [0.1, 0.15) is 22.9 Å². The monoisotopic (exact) mass is 476 g/mol. The van der Waals surface area contributed by atoms with Gasteiger partial charge in [-0.05, 0) is 36.1 Å². The van der Waals surface area contributed by atoms with Crippen LogP contribution in [-0.4, -0.2) is 73.1 Å². The van der Waals surface area contributed by atoms with E-state index in [2.05, 4.69) is 4.90 Å². The molecule has 1 amide bonds. The Hall–Kier alpha value is -2.39. The SMILES string of the molecule is COc1ccc(/C(O)=C2/C(=O)C(=O)N(CCCN3CCOCC3)C2c2cccs2)cc1Cl. The lowest BCUT2D eigenvalue weighted by atomic mass is 9.99. The van der Waals surface area contributed by atoms with Crippen molar-refractivity contribution in [2.75, 3.05) is 46.5 Å². The third kappa shape index (κ3) is 4.54. The van der Waals surface area contributed by atoms with E-state index in [4.69, 9.17) is 21.1 Å². The van der Waals surface area contributed by atoms with Crippen LogP contribution in [0.4, 0.5) is 0 Å². The van der Waals surface area contributed by atoms with Gasteiger partial charge in [-0.25, -0.2) is 0 Å². The van der Waals surface area contributed by atoms with Crippen LogP contribution in [0.2, 0.25) is 5.02 Å². The van der Waals surface area contributed by atoms with Gasteiger partial charge in [-0.1, -0.05) is 17.7 Å². The molecule has 2 saturated heterocycles. The molecule has 32 heavy (non-hydrogen) atoms. The maximum absolute atomic E-state index is 13.0. The summed E-state index contributed by atoms with van der Waals surface area (Å²) in [7, 11) is 1.50. The zero-order valence-corrected chi connectivity index (χ0v) is 19.3. The van der Waals surface area contributed by atoms with E-state index >= 15 is 0 Å². The summed E-state index contributed by atoms with van der Waals surface area (Å²) in [4.78, 5) is 30.7. The van der Waals surface area contributed by atoms with E-state index in [9.17, 15) is 14.7 Å². The molecule has 4 rings (SSSR count). The Morgan fingerprint density at radius 3 is 2.69 bits per heavy atom. The van der Waals surface area contributed by atoms with Gasteiger partial charge in [-0.2, -0.15) is 0 Å². The van der Waals surface area contributed by atoms with E-state index in [-0.39, 0.29) is 11.3 Å². The molecule has 7 nitrogen and oxygen atoms in total. The number of carbonyl (C=O) groups is 2. The third-order valence-electron chi connectivity index (χ3n) is 5.75. The topological polar surface area (TPSA) is 79.3 Å².